The zero-order valence-electron chi connectivity index (χ0n) is 25.6. The van der Waals surface area contributed by atoms with E-state index in [0.717, 1.165) is 28.6 Å². The zero-order chi connectivity index (χ0) is 35.0. The molecular weight excluding hydrogens is 907 g/mol. The second-order valence-electron chi connectivity index (χ2n) is 10.7. The minimum atomic E-state index is -5.04. The lowest BCUT2D eigenvalue weighted by Crippen LogP contribution is -2.41. The molecule has 0 saturated carbocycles. The van der Waals surface area contributed by atoms with Crippen molar-refractivity contribution >= 4 is 90.9 Å². The van der Waals surface area contributed by atoms with E-state index in [1.807, 2.05) is 18.2 Å². The molecule has 0 radical (unpaired) electrons. The summed E-state index contributed by atoms with van der Waals surface area (Å²) in [5.41, 5.74) is -1.22. The van der Waals surface area contributed by atoms with Crippen LogP contribution in [-0.2, 0) is 16.1 Å². The predicted octanol–water partition coefficient (Wildman–Crippen LogP) is 7.94. The molecule has 0 saturated heterocycles. The molecule has 0 unspecified atom stereocenters. The highest BCUT2D eigenvalue weighted by Crippen LogP contribution is 2.43. The van der Waals surface area contributed by atoms with Crippen molar-refractivity contribution in [3.63, 3.8) is 0 Å². The van der Waals surface area contributed by atoms with Crippen LogP contribution in [0.25, 0.3) is 16.8 Å². The van der Waals surface area contributed by atoms with Gasteiger partial charge in [0, 0.05) is 16.1 Å². The lowest BCUT2D eigenvalue weighted by atomic mass is 9.90. The summed E-state index contributed by atoms with van der Waals surface area (Å²) >= 11 is 11.3. The van der Waals surface area contributed by atoms with E-state index >= 15 is 0 Å². The van der Waals surface area contributed by atoms with E-state index in [0.29, 0.717) is 27.1 Å². The Balaban J connectivity index is 1.55. The Morgan fingerprint density at radius 3 is 2.43 bits per heavy atom. The molecule has 4 aromatic carbocycles. The summed E-state index contributed by atoms with van der Waals surface area (Å²) < 4.78 is 63.8. The number of ether oxygens (including phenoxy) is 3. The number of benzene rings is 4. The molecule has 49 heavy (non-hydrogen) atoms. The summed E-state index contributed by atoms with van der Waals surface area (Å²) in [6.07, 6.45) is -3.45. The molecule has 0 spiro atoms. The number of halogens is 6. The van der Waals surface area contributed by atoms with E-state index in [-0.39, 0.29) is 33.9 Å². The van der Waals surface area contributed by atoms with Crippen LogP contribution in [0.15, 0.2) is 93.9 Å². The SMILES string of the molecule is CCOC(=O)C1=C(C(F)(F)F)N=c2s/c(=C\c3cc(I)c(OCc4ccccc4Cl)c(I)c3)c(=O)n2[C@H]1c1c(OC)ccc2ccccc12. The van der Waals surface area contributed by atoms with E-state index in [4.69, 9.17) is 25.8 Å². The third-order valence-corrected chi connectivity index (χ3v) is 10.6. The number of fused-ring (bicyclic) bond motifs is 2. The fourth-order valence-electron chi connectivity index (χ4n) is 5.57. The summed E-state index contributed by atoms with van der Waals surface area (Å²) in [7, 11) is 1.38. The number of hydrogen-bond acceptors (Lipinski definition) is 7. The van der Waals surface area contributed by atoms with E-state index < -0.39 is 35.0 Å². The zero-order valence-corrected chi connectivity index (χ0v) is 31.5. The predicted molar refractivity (Wildman–Crippen MR) is 199 cm³/mol. The Morgan fingerprint density at radius 1 is 1.06 bits per heavy atom. The Labute approximate surface area is 314 Å². The molecule has 1 aliphatic rings. The number of methoxy groups -OCH3 is 1. The number of rotatable bonds is 8. The van der Waals surface area contributed by atoms with Crippen LogP contribution < -0.4 is 24.4 Å². The van der Waals surface area contributed by atoms with Crippen LogP contribution >= 0.6 is 68.1 Å². The molecule has 0 aliphatic carbocycles. The molecule has 14 heteroatoms. The van der Waals surface area contributed by atoms with Gasteiger partial charge in [0.1, 0.15) is 24.1 Å². The maximum atomic E-state index is 14.7. The number of esters is 1. The quantitative estimate of drug-likeness (QED) is 0.117. The fraction of sp³-hybridized carbons (Fsp3) is 0.171. The maximum absolute atomic E-state index is 14.7. The number of carbonyl (C=O) groups excluding carboxylic acids is 1. The van der Waals surface area contributed by atoms with E-state index in [2.05, 4.69) is 50.2 Å². The summed E-state index contributed by atoms with van der Waals surface area (Å²) in [5.74, 6) is -0.416. The average molecular weight is 931 g/mol. The minimum absolute atomic E-state index is 0.117. The first-order chi connectivity index (χ1) is 23.4. The van der Waals surface area contributed by atoms with Crippen molar-refractivity contribution in [3.8, 4) is 11.5 Å². The fourth-order valence-corrected chi connectivity index (χ4v) is 8.89. The summed E-state index contributed by atoms with van der Waals surface area (Å²) in [6.45, 7) is 1.54. The highest BCUT2D eigenvalue weighted by atomic mass is 127. The van der Waals surface area contributed by atoms with Crippen LogP contribution in [0.1, 0.15) is 29.7 Å². The van der Waals surface area contributed by atoms with Gasteiger partial charge in [0.05, 0.1) is 31.0 Å². The van der Waals surface area contributed by atoms with Crippen molar-refractivity contribution in [3.05, 3.63) is 133 Å². The summed E-state index contributed by atoms with van der Waals surface area (Å²) in [4.78, 5) is 31.4. The van der Waals surface area contributed by atoms with Gasteiger partial charge in [0.25, 0.3) is 5.56 Å². The van der Waals surface area contributed by atoms with Gasteiger partial charge < -0.3 is 14.2 Å². The van der Waals surface area contributed by atoms with Crippen molar-refractivity contribution in [2.75, 3.05) is 13.7 Å². The van der Waals surface area contributed by atoms with Crippen molar-refractivity contribution in [1.82, 2.24) is 4.57 Å². The Morgan fingerprint density at radius 2 is 1.76 bits per heavy atom. The number of nitrogens with zero attached hydrogens (tertiary/aromatic N) is 2. The molecule has 1 atom stereocenters. The molecule has 0 N–H and O–H groups in total. The number of aromatic nitrogens is 1. The average Bonchev–Trinajstić information content (AvgIpc) is 3.37. The molecular formula is C35H24ClF3I2N2O5S. The van der Waals surface area contributed by atoms with Gasteiger partial charge in [0.2, 0.25) is 0 Å². The van der Waals surface area contributed by atoms with Crippen molar-refractivity contribution in [2.24, 2.45) is 4.99 Å². The lowest BCUT2D eigenvalue weighted by molar-refractivity contribution is -0.140. The largest absolute Gasteiger partial charge is 0.496 e. The molecule has 0 bridgehead atoms. The topological polar surface area (TPSA) is 79.1 Å². The first-order valence-corrected chi connectivity index (χ1v) is 18.0. The second-order valence-corrected chi connectivity index (χ2v) is 14.4. The summed E-state index contributed by atoms with van der Waals surface area (Å²) in [5, 5.41) is 1.76. The van der Waals surface area contributed by atoms with Gasteiger partial charge in [-0.25, -0.2) is 9.79 Å². The van der Waals surface area contributed by atoms with E-state index in [1.165, 1.54) is 14.0 Å². The van der Waals surface area contributed by atoms with E-state index in [1.54, 1.807) is 60.7 Å². The van der Waals surface area contributed by atoms with Gasteiger partial charge in [-0.3, -0.25) is 9.36 Å². The second kappa shape index (κ2) is 14.4. The van der Waals surface area contributed by atoms with Gasteiger partial charge >= 0.3 is 12.1 Å². The van der Waals surface area contributed by atoms with Crippen LogP contribution in [0.4, 0.5) is 13.2 Å². The minimum Gasteiger partial charge on any atom is -0.496 e. The molecule has 2 heterocycles. The number of hydrogen-bond donors (Lipinski definition) is 0. The molecule has 1 aromatic heterocycles. The van der Waals surface area contributed by atoms with Crippen molar-refractivity contribution in [2.45, 2.75) is 25.7 Å². The van der Waals surface area contributed by atoms with E-state index in [9.17, 15) is 22.8 Å². The standard InChI is InChI=1S/C35H24ClF3I2N2O5S/c1-3-47-33(45)28-29(27-21-10-6-4-8-19(21)12-13-25(27)46-2)43-32(44)26(49-34(43)42-31(28)35(37,38)39)16-18-14-23(40)30(24(41)15-18)48-17-20-9-5-7-11-22(20)36/h4-16,29H,3,17H2,1-2H3/b26-16-/t29-/m0/s1. The Kier molecular flexibility index (Phi) is 10.4. The first kappa shape index (κ1) is 35.4. The number of carbonyl (C=O) groups is 1. The third-order valence-electron chi connectivity index (χ3n) is 7.67. The smallest absolute Gasteiger partial charge is 0.434 e. The lowest BCUT2D eigenvalue weighted by Gasteiger charge is -2.28. The van der Waals surface area contributed by atoms with Gasteiger partial charge in [0.15, 0.2) is 10.5 Å². The highest BCUT2D eigenvalue weighted by molar-refractivity contribution is 14.1. The summed E-state index contributed by atoms with van der Waals surface area (Å²) in [6, 6.07) is 19.8. The molecule has 7 nitrogen and oxygen atoms in total. The molecule has 252 valence electrons. The molecule has 0 amide bonds. The van der Waals surface area contributed by atoms with Crippen LogP contribution in [0, 0.1) is 7.14 Å². The monoisotopic (exact) mass is 930 g/mol. The molecule has 1 aliphatic heterocycles. The highest BCUT2D eigenvalue weighted by Gasteiger charge is 2.46. The Hall–Kier alpha value is -3.41. The normalized spacial score (nSPS) is 14.9. The van der Waals surface area contributed by atoms with Crippen molar-refractivity contribution in [1.29, 1.82) is 0 Å². The van der Waals surface area contributed by atoms with Crippen LogP contribution in [0.3, 0.4) is 0 Å². The first-order valence-electron chi connectivity index (χ1n) is 14.6. The van der Waals surface area contributed by atoms with Gasteiger partial charge in [-0.2, -0.15) is 13.2 Å². The van der Waals surface area contributed by atoms with Crippen LogP contribution in [-0.4, -0.2) is 30.4 Å². The number of allylic oxidation sites excluding steroid dienone is 1. The number of thiazole rings is 1. The molecule has 6 rings (SSSR count). The van der Waals surface area contributed by atoms with Gasteiger partial charge in [-0.1, -0.05) is 71.5 Å². The van der Waals surface area contributed by atoms with Crippen LogP contribution in [0.5, 0.6) is 11.5 Å². The van der Waals surface area contributed by atoms with Crippen molar-refractivity contribution < 1.29 is 32.2 Å². The molecule has 0 fully saturated rings. The van der Waals surface area contributed by atoms with Crippen LogP contribution in [0.2, 0.25) is 5.02 Å². The maximum Gasteiger partial charge on any atom is 0.434 e. The van der Waals surface area contributed by atoms with Gasteiger partial charge in [-0.15, -0.1) is 0 Å². The van der Waals surface area contributed by atoms with Gasteiger partial charge in [-0.05, 0) is 98.8 Å². The third kappa shape index (κ3) is 6.99. The number of alkyl halides is 3. The Bertz CT molecular complexity index is 2320. The molecule has 5 aromatic rings.